The Balaban J connectivity index is 2.61. The van der Waals surface area contributed by atoms with Crippen LogP contribution >= 0.6 is 23.2 Å². The van der Waals surface area contributed by atoms with Crippen molar-refractivity contribution in [3.63, 3.8) is 0 Å². The van der Waals surface area contributed by atoms with Gasteiger partial charge in [0.15, 0.2) is 6.80 Å². The summed E-state index contributed by atoms with van der Waals surface area (Å²) in [5.74, 6) is 0.630. The lowest BCUT2D eigenvalue weighted by Gasteiger charge is -2.13. The lowest BCUT2D eigenvalue weighted by molar-refractivity contribution is 0.242. The van der Waals surface area contributed by atoms with E-state index >= 15 is 0 Å². The van der Waals surface area contributed by atoms with Crippen molar-refractivity contribution in [1.29, 1.82) is 0 Å². The van der Waals surface area contributed by atoms with Gasteiger partial charge >= 0.3 is 5.69 Å². The minimum absolute atomic E-state index is 0.0987. The fourth-order valence-electron chi connectivity index (χ4n) is 1.81. The summed E-state index contributed by atoms with van der Waals surface area (Å²) in [6, 6.07) is 2.98. The van der Waals surface area contributed by atoms with Crippen LogP contribution in [0.2, 0.25) is 10.0 Å². The molecule has 2 aromatic rings. The third-order valence-electron chi connectivity index (χ3n) is 2.76. The average molecular weight is 334 g/mol. The summed E-state index contributed by atoms with van der Waals surface area (Å²) in [6.45, 7) is 4.27. The van der Waals surface area contributed by atoms with E-state index in [4.69, 9.17) is 27.9 Å². The summed E-state index contributed by atoms with van der Waals surface area (Å²) < 4.78 is 20.3. The van der Waals surface area contributed by atoms with Gasteiger partial charge in [-0.25, -0.2) is 13.8 Å². The number of alkyl halides is 1. The molecule has 0 saturated heterocycles. The molecule has 0 aliphatic carbocycles. The van der Waals surface area contributed by atoms with E-state index in [2.05, 4.69) is 5.10 Å². The zero-order valence-corrected chi connectivity index (χ0v) is 13.2. The van der Waals surface area contributed by atoms with E-state index in [1.165, 1.54) is 19.1 Å². The van der Waals surface area contributed by atoms with E-state index in [-0.39, 0.29) is 22.6 Å². The molecule has 0 radical (unpaired) electrons. The summed E-state index contributed by atoms with van der Waals surface area (Å²) >= 11 is 12.2. The first-order valence-electron chi connectivity index (χ1n) is 6.23. The predicted octanol–water partition coefficient (Wildman–Crippen LogP) is 3.36. The van der Waals surface area contributed by atoms with Gasteiger partial charge < -0.3 is 4.74 Å². The molecule has 0 atom stereocenters. The zero-order chi connectivity index (χ0) is 15.7. The van der Waals surface area contributed by atoms with Gasteiger partial charge in [-0.2, -0.15) is 9.78 Å². The van der Waals surface area contributed by atoms with E-state index in [1.54, 1.807) is 0 Å². The van der Waals surface area contributed by atoms with Crippen LogP contribution in [0.25, 0.3) is 5.69 Å². The van der Waals surface area contributed by atoms with Crippen LogP contribution in [-0.4, -0.2) is 20.5 Å². The summed E-state index contributed by atoms with van der Waals surface area (Å²) in [6.07, 6.45) is -0.0987. The molecule has 0 N–H and O–H groups in total. The number of hydrogen-bond acceptors (Lipinski definition) is 3. The normalized spacial score (nSPS) is 11.2. The number of aromatic nitrogens is 3. The second-order valence-electron chi connectivity index (χ2n) is 4.69. The van der Waals surface area contributed by atoms with Crippen LogP contribution < -0.4 is 10.4 Å². The number of rotatable bonds is 4. The molecule has 0 unspecified atom stereocenters. The van der Waals surface area contributed by atoms with Crippen LogP contribution in [0.15, 0.2) is 16.9 Å². The summed E-state index contributed by atoms with van der Waals surface area (Å²) in [5.41, 5.74) is -0.327. The molecule has 8 heteroatoms. The number of nitrogens with zero attached hydrogens (tertiary/aromatic N) is 3. The third kappa shape index (κ3) is 3.06. The standard InChI is InChI=1S/C13H14Cl2FN3O2/c1-7(2)21-12-5-11(9(14)4-10(12)15)19-13(20)18(6-16)8(3)17-19/h4-5,7H,6H2,1-3H3. The first-order valence-corrected chi connectivity index (χ1v) is 6.99. The van der Waals surface area contributed by atoms with Crippen molar-refractivity contribution < 1.29 is 9.13 Å². The molecule has 114 valence electrons. The van der Waals surface area contributed by atoms with E-state index in [9.17, 15) is 9.18 Å². The first-order chi connectivity index (χ1) is 9.85. The maximum atomic E-state index is 12.8. The van der Waals surface area contributed by atoms with E-state index in [0.29, 0.717) is 10.8 Å². The number of hydrogen-bond donors (Lipinski definition) is 0. The van der Waals surface area contributed by atoms with Gasteiger partial charge in [0, 0.05) is 6.07 Å². The fraction of sp³-hybridized carbons (Fsp3) is 0.385. The quantitative estimate of drug-likeness (QED) is 0.861. The molecular formula is C13H14Cl2FN3O2. The Hall–Kier alpha value is -1.53. The van der Waals surface area contributed by atoms with Crippen molar-refractivity contribution in [2.45, 2.75) is 33.7 Å². The molecule has 5 nitrogen and oxygen atoms in total. The Labute approximate surface area is 130 Å². The monoisotopic (exact) mass is 333 g/mol. The average Bonchev–Trinajstić information content (AvgIpc) is 2.67. The van der Waals surface area contributed by atoms with Crippen molar-refractivity contribution in [3.8, 4) is 11.4 Å². The highest BCUT2D eigenvalue weighted by Gasteiger charge is 2.17. The number of ether oxygens (including phenoxy) is 1. The third-order valence-corrected chi connectivity index (χ3v) is 3.36. The van der Waals surface area contributed by atoms with Crippen molar-refractivity contribution in [1.82, 2.24) is 14.3 Å². The molecule has 0 fully saturated rings. The molecule has 1 aromatic heterocycles. The highest BCUT2D eigenvalue weighted by Crippen LogP contribution is 2.33. The van der Waals surface area contributed by atoms with Crippen molar-refractivity contribution in [3.05, 3.63) is 38.5 Å². The van der Waals surface area contributed by atoms with Crippen LogP contribution in [0, 0.1) is 6.92 Å². The molecule has 0 aliphatic rings. The minimum Gasteiger partial charge on any atom is -0.489 e. The summed E-state index contributed by atoms with van der Waals surface area (Å²) in [7, 11) is 0. The van der Waals surface area contributed by atoms with Gasteiger partial charge in [-0.3, -0.25) is 0 Å². The van der Waals surface area contributed by atoms with Crippen LogP contribution in [-0.2, 0) is 6.80 Å². The molecule has 2 rings (SSSR count). The molecule has 0 saturated carbocycles. The number of benzene rings is 1. The number of halogens is 3. The molecule has 0 amide bonds. The molecule has 1 aromatic carbocycles. The molecule has 0 aliphatic heterocycles. The molecule has 0 spiro atoms. The molecule has 0 bridgehead atoms. The first kappa shape index (κ1) is 15.9. The zero-order valence-electron chi connectivity index (χ0n) is 11.7. The van der Waals surface area contributed by atoms with Gasteiger partial charge in [0.2, 0.25) is 0 Å². The lowest BCUT2D eigenvalue weighted by Crippen LogP contribution is -2.23. The Bertz CT molecular complexity index is 725. The molecule has 1 heterocycles. The van der Waals surface area contributed by atoms with Gasteiger partial charge in [-0.05, 0) is 26.8 Å². The SMILES string of the molecule is Cc1nn(-c2cc(OC(C)C)c(Cl)cc2Cl)c(=O)n1CF. The van der Waals surface area contributed by atoms with Crippen molar-refractivity contribution in [2.24, 2.45) is 0 Å². The molecular weight excluding hydrogens is 320 g/mol. The van der Waals surface area contributed by atoms with Gasteiger partial charge in [-0.1, -0.05) is 23.2 Å². The fourth-order valence-corrected chi connectivity index (χ4v) is 2.32. The highest BCUT2D eigenvalue weighted by atomic mass is 35.5. The summed E-state index contributed by atoms with van der Waals surface area (Å²) in [5, 5.41) is 4.56. The highest BCUT2D eigenvalue weighted by molar-refractivity contribution is 6.36. The second-order valence-corrected chi connectivity index (χ2v) is 5.50. The van der Waals surface area contributed by atoms with Gasteiger partial charge in [0.25, 0.3) is 0 Å². The van der Waals surface area contributed by atoms with Crippen LogP contribution in [0.5, 0.6) is 5.75 Å². The van der Waals surface area contributed by atoms with Crippen LogP contribution in [0.3, 0.4) is 0 Å². The van der Waals surface area contributed by atoms with E-state index in [0.717, 1.165) is 9.25 Å². The van der Waals surface area contributed by atoms with E-state index in [1.807, 2.05) is 13.8 Å². The van der Waals surface area contributed by atoms with E-state index < -0.39 is 12.5 Å². The summed E-state index contributed by atoms with van der Waals surface area (Å²) in [4.78, 5) is 12.1. The van der Waals surface area contributed by atoms with Gasteiger partial charge in [0.05, 0.1) is 21.8 Å². The van der Waals surface area contributed by atoms with Crippen LogP contribution in [0.1, 0.15) is 19.7 Å². The lowest BCUT2D eigenvalue weighted by atomic mass is 10.3. The Kier molecular flexibility index (Phi) is 4.58. The maximum absolute atomic E-state index is 12.8. The van der Waals surface area contributed by atoms with Crippen LogP contribution in [0.4, 0.5) is 4.39 Å². The minimum atomic E-state index is -0.953. The largest absolute Gasteiger partial charge is 0.489 e. The van der Waals surface area contributed by atoms with Gasteiger partial charge in [0.1, 0.15) is 11.6 Å². The Morgan fingerprint density at radius 1 is 1.33 bits per heavy atom. The predicted molar refractivity (Wildman–Crippen MR) is 79.5 cm³/mol. The second kappa shape index (κ2) is 6.07. The van der Waals surface area contributed by atoms with Gasteiger partial charge in [-0.15, -0.1) is 0 Å². The van der Waals surface area contributed by atoms with Crippen molar-refractivity contribution in [2.75, 3.05) is 0 Å². The Morgan fingerprint density at radius 2 is 2.00 bits per heavy atom. The maximum Gasteiger partial charge on any atom is 0.352 e. The number of aryl methyl sites for hydroxylation is 1. The Morgan fingerprint density at radius 3 is 2.52 bits per heavy atom. The smallest absolute Gasteiger partial charge is 0.352 e. The topological polar surface area (TPSA) is 49.1 Å². The van der Waals surface area contributed by atoms with Crippen molar-refractivity contribution >= 4 is 23.2 Å². The molecule has 21 heavy (non-hydrogen) atoms.